The third-order valence-electron chi connectivity index (χ3n) is 7.79. The molecule has 2 aromatic heterocycles. The standard InChI is InChI=1S/C28H39N5O3S/c1-3-4-13-29-28-30-18-25-26(20-32(27(25)31-28)19-22-7-5-21(2)6-8-22)23-9-11-24(12-10-23)37(34,35)33-14-16-36-17-15-33/h9-12,18,20-22H,3-8,13-17,19H2,1-2H3,(H,29,30,31). The molecule has 3 heterocycles. The first-order chi connectivity index (χ1) is 18.0. The SMILES string of the molecule is CCCCNc1ncc2c(-c3ccc(S(=O)(=O)N4CCOCC4)cc3)cn(CC3CCC(C)CC3)c2n1. The summed E-state index contributed by atoms with van der Waals surface area (Å²) in [6.07, 6.45) is 11.3. The van der Waals surface area contributed by atoms with Gasteiger partial charge in [-0.15, -0.1) is 0 Å². The first kappa shape index (κ1) is 26.1. The molecule has 5 rings (SSSR count). The maximum Gasteiger partial charge on any atom is 0.243 e. The molecule has 0 amide bonds. The highest BCUT2D eigenvalue weighted by Crippen LogP contribution is 2.34. The van der Waals surface area contributed by atoms with Gasteiger partial charge in [0.05, 0.1) is 18.1 Å². The monoisotopic (exact) mass is 525 g/mol. The number of rotatable bonds is 9. The Bertz CT molecular complexity index is 1290. The van der Waals surface area contributed by atoms with E-state index in [9.17, 15) is 8.42 Å². The van der Waals surface area contributed by atoms with Crippen LogP contribution in [0.1, 0.15) is 52.4 Å². The van der Waals surface area contributed by atoms with Crippen molar-refractivity contribution in [3.63, 3.8) is 0 Å². The molecule has 1 aliphatic heterocycles. The van der Waals surface area contributed by atoms with Gasteiger partial charge in [-0.1, -0.05) is 45.2 Å². The summed E-state index contributed by atoms with van der Waals surface area (Å²) in [6, 6.07) is 7.24. The summed E-state index contributed by atoms with van der Waals surface area (Å²) in [4.78, 5) is 9.84. The van der Waals surface area contributed by atoms with Crippen LogP contribution in [0.25, 0.3) is 22.2 Å². The van der Waals surface area contributed by atoms with E-state index in [4.69, 9.17) is 9.72 Å². The number of nitrogens with zero attached hydrogens (tertiary/aromatic N) is 4. The summed E-state index contributed by atoms with van der Waals surface area (Å²) >= 11 is 0. The molecule has 1 saturated carbocycles. The van der Waals surface area contributed by atoms with Crippen LogP contribution >= 0.6 is 0 Å². The number of fused-ring (bicyclic) bond motifs is 1. The van der Waals surface area contributed by atoms with Gasteiger partial charge in [0.2, 0.25) is 16.0 Å². The molecule has 0 bridgehead atoms. The van der Waals surface area contributed by atoms with E-state index in [1.807, 2.05) is 18.3 Å². The topological polar surface area (TPSA) is 89.4 Å². The molecule has 2 fully saturated rings. The van der Waals surface area contributed by atoms with Gasteiger partial charge in [0.25, 0.3) is 0 Å². The average molecular weight is 526 g/mol. The summed E-state index contributed by atoms with van der Waals surface area (Å²) in [5.41, 5.74) is 2.94. The fourth-order valence-electron chi connectivity index (χ4n) is 5.43. The lowest BCUT2D eigenvalue weighted by Gasteiger charge is -2.26. The van der Waals surface area contributed by atoms with Crippen molar-refractivity contribution in [2.45, 2.75) is 63.8 Å². The zero-order chi connectivity index (χ0) is 25.8. The Morgan fingerprint density at radius 1 is 1.08 bits per heavy atom. The van der Waals surface area contributed by atoms with Crippen molar-refractivity contribution in [2.24, 2.45) is 11.8 Å². The van der Waals surface area contributed by atoms with Crippen molar-refractivity contribution < 1.29 is 13.2 Å². The van der Waals surface area contributed by atoms with E-state index in [0.717, 1.165) is 54.0 Å². The Balaban J connectivity index is 1.45. The maximum atomic E-state index is 13.1. The van der Waals surface area contributed by atoms with E-state index >= 15 is 0 Å². The summed E-state index contributed by atoms with van der Waals surface area (Å²) in [5, 5.41) is 4.36. The third kappa shape index (κ3) is 5.84. The quantitative estimate of drug-likeness (QED) is 0.388. The molecule has 0 spiro atoms. The number of ether oxygens (including phenoxy) is 1. The third-order valence-corrected chi connectivity index (χ3v) is 9.71. The second kappa shape index (κ2) is 11.5. The van der Waals surface area contributed by atoms with Crippen molar-refractivity contribution in [1.29, 1.82) is 0 Å². The van der Waals surface area contributed by atoms with Crippen LogP contribution < -0.4 is 5.32 Å². The molecule has 8 nitrogen and oxygen atoms in total. The molecule has 1 aliphatic carbocycles. The van der Waals surface area contributed by atoms with E-state index in [-0.39, 0.29) is 0 Å². The predicted octanol–water partition coefficient (Wildman–Crippen LogP) is 5.16. The molecule has 2 aliphatic rings. The number of benzene rings is 1. The Kier molecular flexibility index (Phi) is 8.12. The van der Waals surface area contributed by atoms with Gasteiger partial charge in [-0.2, -0.15) is 9.29 Å². The largest absolute Gasteiger partial charge is 0.379 e. The summed E-state index contributed by atoms with van der Waals surface area (Å²) in [5.74, 6) is 2.13. The number of aromatic nitrogens is 3. The van der Waals surface area contributed by atoms with Crippen LogP contribution in [-0.2, 0) is 21.3 Å². The first-order valence-corrected chi connectivity index (χ1v) is 15.2. The zero-order valence-corrected chi connectivity index (χ0v) is 22.8. The highest BCUT2D eigenvalue weighted by molar-refractivity contribution is 7.89. The van der Waals surface area contributed by atoms with Gasteiger partial charge in [-0.3, -0.25) is 0 Å². The van der Waals surface area contributed by atoms with Crippen LogP contribution in [0.3, 0.4) is 0 Å². The number of unbranched alkanes of at least 4 members (excludes halogenated alkanes) is 1. The van der Waals surface area contributed by atoms with E-state index in [0.29, 0.717) is 43.1 Å². The fourth-order valence-corrected chi connectivity index (χ4v) is 6.84. The van der Waals surface area contributed by atoms with Crippen LogP contribution in [0.15, 0.2) is 41.6 Å². The average Bonchev–Trinajstić information content (AvgIpc) is 3.28. The molecular formula is C28H39N5O3S. The molecule has 1 N–H and O–H groups in total. The molecule has 1 saturated heterocycles. The van der Waals surface area contributed by atoms with Gasteiger partial charge in [-0.05, 0) is 48.8 Å². The van der Waals surface area contributed by atoms with Crippen LogP contribution in [0.4, 0.5) is 5.95 Å². The van der Waals surface area contributed by atoms with Gasteiger partial charge in [0.1, 0.15) is 5.65 Å². The first-order valence-electron chi connectivity index (χ1n) is 13.7. The van der Waals surface area contributed by atoms with Gasteiger partial charge in [0, 0.05) is 49.5 Å². The van der Waals surface area contributed by atoms with Crippen molar-refractivity contribution >= 4 is 27.0 Å². The minimum Gasteiger partial charge on any atom is -0.379 e. The van der Waals surface area contributed by atoms with Crippen molar-refractivity contribution in [2.75, 3.05) is 38.2 Å². The van der Waals surface area contributed by atoms with Crippen molar-refractivity contribution in [1.82, 2.24) is 18.8 Å². The minimum absolute atomic E-state index is 0.317. The zero-order valence-electron chi connectivity index (χ0n) is 22.0. The smallest absolute Gasteiger partial charge is 0.243 e. The lowest BCUT2D eigenvalue weighted by molar-refractivity contribution is 0.0730. The fraction of sp³-hybridized carbons (Fsp3) is 0.571. The Morgan fingerprint density at radius 2 is 1.81 bits per heavy atom. The van der Waals surface area contributed by atoms with Crippen LogP contribution in [0, 0.1) is 11.8 Å². The van der Waals surface area contributed by atoms with Crippen molar-refractivity contribution in [3.05, 3.63) is 36.7 Å². The molecule has 37 heavy (non-hydrogen) atoms. The lowest BCUT2D eigenvalue weighted by Crippen LogP contribution is -2.40. The number of hydrogen-bond acceptors (Lipinski definition) is 6. The second-order valence-electron chi connectivity index (χ2n) is 10.6. The summed E-state index contributed by atoms with van der Waals surface area (Å²) < 4.78 is 35.3. The normalized spacial score (nSPS) is 21.4. The van der Waals surface area contributed by atoms with Crippen LogP contribution in [-0.4, -0.2) is 60.1 Å². The lowest BCUT2D eigenvalue weighted by atomic mass is 9.83. The van der Waals surface area contributed by atoms with E-state index in [1.54, 1.807) is 12.1 Å². The Labute approximate surface area is 220 Å². The van der Waals surface area contributed by atoms with Gasteiger partial charge in [0.15, 0.2) is 0 Å². The van der Waals surface area contributed by atoms with Crippen molar-refractivity contribution in [3.8, 4) is 11.1 Å². The second-order valence-corrected chi connectivity index (χ2v) is 12.5. The minimum atomic E-state index is -3.52. The van der Waals surface area contributed by atoms with Crippen LogP contribution in [0.2, 0.25) is 0 Å². The number of hydrogen-bond donors (Lipinski definition) is 1. The highest BCUT2D eigenvalue weighted by Gasteiger charge is 2.26. The molecule has 0 atom stereocenters. The van der Waals surface area contributed by atoms with Gasteiger partial charge >= 0.3 is 0 Å². The van der Waals surface area contributed by atoms with E-state index < -0.39 is 10.0 Å². The number of nitrogens with one attached hydrogen (secondary N) is 1. The van der Waals surface area contributed by atoms with E-state index in [2.05, 4.69) is 34.9 Å². The molecule has 1 aromatic carbocycles. The van der Waals surface area contributed by atoms with Gasteiger partial charge < -0.3 is 14.6 Å². The number of sulfonamides is 1. The molecule has 200 valence electrons. The molecular weight excluding hydrogens is 486 g/mol. The summed E-state index contributed by atoms with van der Waals surface area (Å²) in [6.45, 7) is 7.98. The van der Waals surface area contributed by atoms with Crippen LogP contribution in [0.5, 0.6) is 0 Å². The van der Waals surface area contributed by atoms with Gasteiger partial charge in [-0.25, -0.2) is 13.4 Å². The Morgan fingerprint density at radius 3 is 2.51 bits per heavy atom. The molecule has 0 unspecified atom stereocenters. The maximum absolute atomic E-state index is 13.1. The number of morpholine rings is 1. The number of anilines is 1. The predicted molar refractivity (Wildman–Crippen MR) is 147 cm³/mol. The van der Waals surface area contributed by atoms with E-state index in [1.165, 1.54) is 30.0 Å². The summed E-state index contributed by atoms with van der Waals surface area (Å²) in [7, 11) is -3.52. The molecule has 0 radical (unpaired) electrons. The molecule has 3 aromatic rings. The Hall–Kier alpha value is -2.49. The molecule has 9 heteroatoms. The highest BCUT2D eigenvalue weighted by atomic mass is 32.2.